The standard InChI is InChI=1S/C25H23F3N2O3/c1-13-2-7-18(32-13)12-29-25(31)33-19-8-15(9-19)22-20-10-17(27)11-21(28)24(20)30-23(22)14-3-5-16(26)6-4-14/h2-7,10-11,15,19,25,29-31H,8-9,12H2,1H3. The summed E-state index contributed by atoms with van der Waals surface area (Å²) in [5.41, 5.74) is 2.29. The van der Waals surface area contributed by atoms with E-state index in [9.17, 15) is 18.3 Å². The number of fused-ring (bicyclic) bond motifs is 1. The quantitative estimate of drug-likeness (QED) is 0.322. The Kier molecular flexibility index (Phi) is 5.74. The van der Waals surface area contributed by atoms with E-state index in [-0.39, 0.29) is 23.4 Å². The van der Waals surface area contributed by atoms with Gasteiger partial charge in [0.25, 0.3) is 0 Å². The van der Waals surface area contributed by atoms with Crippen molar-refractivity contribution in [3.8, 4) is 11.3 Å². The number of ether oxygens (including phenoxy) is 1. The minimum absolute atomic E-state index is 0.0371. The number of nitrogens with one attached hydrogen (secondary N) is 2. The lowest BCUT2D eigenvalue weighted by Crippen LogP contribution is -2.39. The zero-order chi connectivity index (χ0) is 23.1. The van der Waals surface area contributed by atoms with E-state index < -0.39 is 18.0 Å². The van der Waals surface area contributed by atoms with Crippen LogP contribution in [0.5, 0.6) is 0 Å². The van der Waals surface area contributed by atoms with Crippen molar-refractivity contribution in [2.24, 2.45) is 0 Å². The monoisotopic (exact) mass is 456 g/mol. The molecule has 0 saturated heterocycles. The molecule has 2 heterocycles. The highest BCUT2D eigenvalue weighted by Crippen LogP contribution is 2.46. The number of furan rings is 1. The number of benzene rings is 2. The number of rotatable bonds is 7. The summed E-state index contributed by atoms with van der Waals surface area (Å²) in [5, 5.41) is 13.5. The Morgan fingerprint density at radius 1 is 1.09 bits per heavy atom. The van der Waals surface area contributed by atoms with Gasteiger partial charge in [-0.05, 0) is 79.3 Å². The van der Waals surface area contributed by atoms with E-state index in [0.717, 1.165) is 17.4 Å². The zero-order valence-electron chi connectivity index (χ0n) is 17.9. The molecule has 0 spiro atoms. The second-order valence-corrected chi connectivity index (χ2v) is 8.40. The number of hydrogen-bond donors (Lipinski definition) is 3. The molecular weight excluding hydrogens is 433 g/mol. The summed E-state index contributed by atoms with van der Waals surface area (Å²) in [6, 6.07) is 11.7. The van der Waals surface area contributed by atoms with Crippen molar-refractivity contribution >= 4 is 10.9 Å². The molecule has 0 amide bonds. The second-order valence-electron chi connectivity index (χ2n) is 8.40. The molecule has 0 bridgehead atoms. The molecule has 3 N–H and O–H groups in total. The van der Waals surface area contributed by atoms with Crippen molar-refractivity contribution in [2.45, 2.75) is 44.7 Å². The first-order valence-corrected chi connectivity index (χ1v) is 10.8. The van der Waals surface area contributed by atoms with Gasteiger partial charge >= 0.3 is 0 Å². The number of aromatic nitrogens is 1. The van der Waals surface area contributed by atoms with Crippen LogP contribution in [0, 0.1) is 24.4 Å². The van der Waals surface area contributed by atoms with Crippen LogP contribution in [-0.4, -0.2) is 22.6 Å². The second kappa shape index (κ2) is 8.70. The smallest absolute Gasteiger partial charge is 0.214 e. The molecule has 0 radical (unpaired) electrons. The SMILES string of the molecule is Cc1ccc(CNC(O)OC2CC(c3c(-c4ccc(F)cc4)[nH]c4c(F)cc(F)cc34)C2)o1. The third kappa shape index (κ3) is 4.42. The molecule has 8 heteroatoms. The van der Waals surface area contributed by atoms with Crippen molar-refractivity contribution in [1.29, 1.82) is 0 Å². The summed E-state index contributed by atoms with van der Waals surface area (Å²) in [7, 11) is 0. The van der Waals surface area contributed by atoms with Gasteiger partial charge in [-0.25, -0.2) is 13.2 Å². The molecule has 1 aliphatic rings. The predicted octanol–water partition coefficient (Wildman–Crippen LogP) is 5.48. The van der Waals surface area contributed by atoms with Crippen LogP contribution in [0.15, 0.2) is 52.9 Å². The highest BCUT2D eigenvalue weighted by Gasteiger charge is 2.36. The minimum atomic E-state index is -1.17. The van der Waals surface area contributed by atoms with Crippen LogP contribution in [0.4, 0.5) is 13.2 Å². The first kappa shape index (κ1) is 21.8. The van der Waals surface area contributed by atoms with Gasteiger partial charge in [0.15, 0.2) is 0 Å². The van der Waals surface area contributed by atoms with Crippen LogP contribution in [0.2, 0.25) is 0 Å². The number of aryl methyl sites for hydroxylation is 1. The molecule has 1 aliphatic carbocycles. The van der Waals surface area contributed by atoms with Gasteiger partial charge in [0, 0.05) is 11.5 Å². The fourth-order valence-corrected chi connectivity index (χ4v) is 4.42. The number of aliphatic hydroxyl groups excluding tert-OH is 1. The third-order valence-electron chi connectivity index (χ3n) is 6.07. The van der Waals surface area contributed by atoms with Gasteiger partial charge in [-0.3, -0.25) is 5.32 Å². The maximum atomic E-state index is 14.5. The van der Waals surface area contributed by atoms with Crippen molar-refractivity contribution in [2.75, 3.05) is 0 Å². The lowest BCUT2D eigenvalue weighted by atomic mass is 9.75. The highest BCUT2D eigenvalue weighted by atomic mass is 19.1. The molecule has 4 aromatic rings. The zero-order valence-corrected chi connectivity index (χ0v) is 17.9. The lowest BCUT2D eigenvalue weighted by Gasteiger charge is -2.37. The van der Waals surface area contributed by atoms with Crippen LogP contribution in [0.25, 0.3) is 22.2 Å². The molecule has 5 nitrogen and oxygen atoms in total. The summed E-state index contributed by atoms with van der Waals surface area (Å²) >= 11 is 0. The number of hydrogen-bond acceptors (Lipinski definition) is 4. The van der Waals surface area contributed by atoms with Crippen molar-refractivity contribution in [3.63, 3.8) is 0 Å². The van der Waals surface area contributed by atoms with E-state index in [0.29, 0.717) is 41.8 Å². The Morgan fingerprint density at radius 2 is 1.85 bits per heavy atom. The van der Waals surface area contributed by atoms with E-state index in [2.05, 4.69) is 10.3 Å². The third-order valence-corrected chi connectivity index (χ3v) is 6.07. The van der Waals surface area contributed by atoms with Crippen LogP contribution >= 0.6 is 0 Å². The van der Waals surface area contributed by atoms with Crippen LogP contribution in [-0.2, 0) is 11.3 Å². The van der Waals surface area contributed by atoms with Crippen molar-refractivity contribution in [1.82, 2.24) is 10.3 Å². The molecule has 2 aromatic carbocycles. The summed E-state index contributed by atoms with van der Waals surface area (Å²) in [5.74, 6) is -0.284. The van der Waals surface area contributed by atoms with Gasteiger partial charge in [0.05, 0.1) is 23.9 Å². The summed E-state index contributed by atoms with van der Waals surface area (Å²) in [6.07, 6.45) is -0.258. The molecule has 1 fully saturated rings. The Hall–Kier alpha value is -3.07. The van der Waals surface area contributed by atoms with Gasteiger partial charge in [0.1, 0.15) is 29.0 Å². The number of aliphatic hydroxyl groups is 1. The van der Waals surface area contributed by atoms with Gasteiger partial charge in [-0.2, -0.15) is 0 Å². The van der Waals surface area contributed by atoms with Crippen LogP contribution in [0.3, 0.4) is 0 Å². The van der Waals surface area contributed by atoms with Gasteiger partial charge in [-0.15, -0.1) is 0 Å². The molecular formula is C25H23F3N2O3. The Morgan fingerprint density at radius 3 is 2.55 bits per heavy atom. The average molecular weight is 456 g/mol. The predicted molar refractivity (Wildman–Crippen MR) is 117 cm³/mol. The van der Waals surface area contributed by atoms with Crippen LogP contribution in [0.1, 0.15) is 35.8 Å². The van der Waals surface area contributed by atoms with E-state index in [1.807, 2.05) is 19.1 Å². The van der Waals surface area contributed by atoms with E-state index in [4.69, 9.17) is 9.15 Å². The molecule has 0 aliphatic heterocycles. The fraction of sp³-hybridized carbons (Fsp3) is 0.280. The van der Waals surface area contributed by atoms with Gasteiger partial charge in [0.2, 0.25) is 6.41 Å². The molecule has 1 unspecified atom stereocenters. The normalized spacial score (nSPS) is 19.1. The van der Waals surface area contributed by atoms with Crippen LogP contribution < -0.4 is 5.32 Å². The molecule has 2 aromatic heterocycles. The molecule has 172 valence electrons. The molecule has 33 heavy (non-hydrogen) atoms. The first-order valence-electron chi connectivity index (χ1n) is 10.8. The Labute approximate surface area is 188 Å². The first-order chi connectivity index (χ1) is 15.9. The Balaban J connectivity index is 1.33. The van der Waals surface area contributed by atoms with Gasteiger partial charge in [-0.1, -0.05) is 0 Å². The van der Waals surface area contributed by atoms with E-state index >= 15 is 0 Å². The van der Waals surface area contributed by atoms with Crippen molar-refractivity contribution < 1.29 is 27.4 Å². The summed E-state index contributed by atoms with van der Waals surface area (Å²) in [6.45, 7) is 2.16. The maximum absolute atomic E-state index is 14.5. The summed E-state index contributed by atoms with van der Waals surface area (Å²) in [4.78, 5) is 3.06. The average Bonchev–Trinajstić information content (AvgIpc) is 3.33. The molecule has 5 rings (SSSR count). The minimum Gasteiger partial charge on any atom is -0.465 e. The van der Waals surface area contributed by atoms with Crippen molar-refractivity contribution in [3.05, 3.63) is 83.1 Å². The summed E-state index contributed by atoms with van der Waals surface area (Å²) < 4.78 is 53.0. The van der Waals surface area contributed by atoms with Gasteiger partial charge < -0.3 is 19.2 Å². The van der Waals surface area contributed by atoms with E-state index in [1.165, 1.54) is 18.2 Å². The largest absolute Gasteiger partial charge is 0.465 e. The number of H-pyrrole nitrogens is 1. The molecule has 1 saturated carbocycles. The number of halogens is 3. The fourth-order valence-electron chi connectivity index (χ4n) is 4.42. The topological polar surface area (TPSA) is 70.4 Å². The highest BCUT2D eigenvalue weighted by molar-refractivity contribution is 5.92. The number of aromatic amines is 1. The lowest BCUT2D eigenvalue weighted by molar-refractivity contribution is -0.177. The maximum Gasteiger partial charge on any atom is 0.214 e. The van der Waals surface area contributed by atoms with E-state index in [1.54, 1.807) is 12.1 Å². The molecule has 1 atom stereocenters. The Bertz CT molecular complexity index is 1280.